The molecule has 7 heteroatoms. The molecule has 0 amide bonds. The third kappa shape index (κ3) is 2.53. The summed E-state index contributed by atoms with van der Waals surface area (Å²) in [6.07, 6.45) is 10.4. The second kappa shape index (κ2) is 6.07. The molecule has 4 aromatic heterocycles. The van der Waals surface area contributed by atoms with Gasteiger partial charge >= 0.3 is 0 Å². The van der Waals surface area contributed by atoms with Gasteiger partial charge in [-0.15, -0.1) is 0 Å². The molecule has 1 saturated carbocycles. The van der Waals surface area contributed by atoms with Crippen LogP contribution in [0.25, 0.3) is 33.9 Å². The molecular formula is C22H19FN6. The number of halogens is 1. The quantitative estimate of drug-likeness (QED) is 0.525. The predicted octanol–water partition coefficient (Wildman–Crippen LogP) is 4.37. The molecule has 0 radical (unpaired) electrons. The number of fused-ring (bicyclic) bond motifs is 5. The van der Waals surface area contributed by atoms with Crippen molar-refractivity contribution < 1.29 is 4.39 Å². The van der Waals surface area contributed by atoms with Crippen LogP contribution in [0.2, 0.25) is 0 Å². The molecular weight excluding hydrogens is 367 g/mol. The molecule has 0 aromatic carbocycles. The number of aryl methyl sites for hydroxylation is 1. The first-order valence-corrected chi connectivity index (χ1v) is 9.87. The molecule has 2 aliphatic rings. The van der Waals surface area contributed by atoms with Crippen molar-refractivity contribution in [1.29, 1.82) is 0 Å². The summed E-state index contributed by atoms with van der Waals surface area (Å²) in [5.41, 5.74) is 5.46. The largest absolute Gasteiger partial charge is 0.324 e. The van der Waals surface area contributed by atoms with E-state index in [4.69, 9.17) is 4.98 Å². The molecule has 6 nitrogen and oxygen atoms in total. The smallest absolute Gasteiger partial charge is 0.141 e. The fourth-order valence-corrected chi connectivity index (χ4v) is 4.79. The fraction of sp³-hybridized carbons (Fsp3) is 0.273. The first-order chi connectivity index (χ1) is 14.2. The summed E-state index contributed by atoms with van der Waals surface area (Å²) in [5.74, 6) is 1.30. The van der Waals surface area contributed by atoms with Crippen LogP contribution in [0.1, 0.15) is 37.0 Å². The summed E-state index contributed by atoms with van der Waals surface area (Å²) in [6.45, 7) is 0. The van der Waals surface area contributed by atoms with E-state index in [0.717, 1.165) is 40.5 Å². The summed E-state index contributed by atoms with van der Waals surface area (Å²) in [4.78, 5) is 13.9. The SMILES string of the molecule is Cn1cc(-c2cc(-c3c(-c4ccc(F)cn4)nc4n3C3CCC4C3)ccn2)cn1. The van der Waals surface area contributed by atoms with Crippen LogP contribution in [-0.4, -0.2) is 29.3 Å². The van der Waals surface area contributed by atoms with E-state index in [1.54, 1.807) is 10.7 Å². The van der Waals surface area contributed by atoms with Gasteiger partial charge in [-0.25, -0.2) is 9.37 Å². The number of hydrogen-bond donors (Lipinski definition) is 0. The highest BCUT2D eigenvalue weighted by atomic mass is 19.1. The maximum Gasteiger partial charge on any atom is 0.141 e. The minimum Gasteiger partial charge on any atom is -0.324 e. The molecule has 1 aliphatic carbocycles. The van der Waals surface area contributed by atoms with Crippen molar-refractivity contribution in [3.63, 3.8) is 0 Å². The zero-order valence-electron chi connectivity index (χ0n) is 16.0. The average molecular weight is 386 g/mol. The fourth-order valence-electron chi connectivity index (χ4n) is 4.79. The number of aromatic nitrogens is 6. The van der Waals surface area contributed by atoms with Crippen molar-refractivity contribution in [3.8, 4) is 33.9 Å². The van der Waals surface area contributed by atoms with Crippen molar-refractivity contribution in [1.82, 2.24) is 29.3 Å². The van der Waals surface area contributed by atoms with E-state index in [-0.39, 0.29) is 5.82 Å². The summed E-state index contributed by atoms with van der Waals surface area (Å²) in [6, 6.07) is 7.73. The summed E-state index contributed by atoms with van der Waals surface area (Å²) < 4.78 is 17.6. The van der Waals surface area contributed by atoms with Gasteiger partial charge in [-0.2, -0.15) is 5.10 Å². The molecule has 1 aliphatic heterocycles. The van der Waals surface area contributed by atoms with Crippen molar-refractivity contribution in [2.24, 2.45) is 7.05 Å². The van der Waals surface area contributed by atoms with Gasteiger partial charge in [0.15, 0.2) is 0 Å². The summed E-state index contributed by atoms with van der Waals surface area (Å²) in [7, 11) is 1.90. The number of pyridine rings is 2. The minimum absolute atomic E-state index is 0.343. The van der Waals surface area contributed by atoms with E-state index in [9.17, 15) is 4.39 Å². The van der Waals surface area contributed by atoms with E-state index >= 15 is 0 Å². The van der Waals surface area contributed by atoms with E-state index in [2.05, 4.69) is 25.7 Å². The lowest BCUT2D eigenvalue weighted by Gasteiger charge is -2.17. The molecule has 5 heterocycles. The van der Waals surface area contributed by atoms with Crippen molar-refractivity contribution in [3.05, 3.63) is 60.7 Å². The van der Waals surface area contributed by atoms with Gasteiger partial charge in [-0.05, 0) is 43.5 Å². The molecule has 2 atom stereocenters. The highest BCUT2D eigenvalue weighted by Gasteiger charge is 2.41. The molecule has 2 bridgehead atoms. The molecule has 29 heavy (non-hydrogen) atoms. The van der Waals surface area contributed by atoms with Crippen LogP contribution >= 0.6 is 0 Å². The number of nitrogens with zero attached hydrogens (tertiary/aromatic N) is 6. The zero-order chi connectivity index (χ0) is 19.5. The first-order valence-electron chi connectivity index (χ1n) is 9.87. The van der Waals surface area contributed by atoms with Crippen LogP contribution in [-0.2, 0) is 7.05 Å². The van der Waals surface area contributed by atoms with Crippen molar-refractivity contribution >= 4 is 0 Å². The average Bonchev–Trinajstić information content (AvgIpc) is 3.50. The Bertz CT molecular complexity index is 1220. The molecule has 2 unspecified atom stereocenters. The molecule has 0 saturated heterocycles. The summed E-state index contributed by atoms with van der Waals surface area (Å²) >= 11 is 0. The van der Waals surface area contributed by atoms with Gasteiger partial charge in [0.25, 0.3) is 0 Å². The Labute approximate surface area is 167 Å². The Morgan fingerprint density at radius 1 is 1.03 bits per heavy atom. The first kappa shape index (κ1) is 16.6. The van der Waals surface area contributed by atoms with Crippen LogP contribution in [0.4, 0.5) is 4.39 Å². The molecule has 0 N–H and O–H groups in total. The third-order valence-corrected chi connectivity index (χ3v) is 6.08. The molecule has 4 aromatic rings. The Morgan fingerprint density at radius 2 is 1.97 bits per heavy atom. The lowest BCUT2D eigenvalue weighted by Crippen LogP contribution is -2.08. The van der Waals surface area contributed by atoms with Gasteiger partial charge in [-0.1, -0.05) is 0 Å². The standard InChI is InChI=1S/C22H19FN6/c1-28-12-15(10-26-28)19-9-13(6-7-24-19)21-20(18-5-3-16(23)11-25-18)27-22-14-2-4-17(8-14)29(21)22/h3,5-7,9-12,14,17H,2,4,8H2,1H3. The van der Waals surface area contributed by atoms with E-state index in [0.29, 0.717) is 17.7 Å². The van der Waals surface area contributed by atoms with Crippen LogP contribution in [0.5, 0.6) is 0 Å². The topological polar surface area (TPSA) is 61.4 Å². The van der Waals surface area contributed by atoms with Gasteiger partial charge in [0.1, 0.15) is 17.3 Å². The van der Waals surface area contributed by atoms with Crippen molar-refractivity contribution in [2.75, 3.05) is 0 Å². The Balaban J connectivity index is 1.56. The minimum atomic E-state index is -0.343. The monoisotopic (exact) mass is 386 g/mol. The predicted molar refractivity (Wildman–Crippen MR) is 106 cm³/mol. The van der Waals surface area contributed by atoms with E-state index in [1.807, 2.05) is 31.7 Å². The summed E-state index contributed by atoms with van der Waals surface area (Å²) in [5, 5.41) is 4.26. The van der Waals surface area contributed by atoms with Crippen molar-refractivity contribution in [2.45, 2.75) is 31.2 Å². The van der Waals surface area contributed by atoms with E-state index < -0.39 is 0 Å². The second-order valence-electron chi connectivity index (χ2n) is 7.90. The van der Waals surface area contributed by atoms with Gasteiger partial charge in [0.05, 0.1) is 29.5 Å². The number of imidazole rings is 1. The lowest BCUT2D eigenvalue weighted by molar-refractivity contribution is 0.530. The molecule has 144 valence electrons. The Hall–Kier alpha value is -3.35. The Morgan fingerprint density at radius 3 is 2.76 bits per heavy atom. The molecule has 1 fully saturated rings. The van der Waals surface area contributed by atoms with Gasteiger partial charge < -0.3 is 4.57 Å². The maximum absolute atomic E-state index is 13.5. The highest BCUT2D eigenvalue weighted by molar-refractivity contribution is 5.80. The van der Waals surface area contributed by atoms with Gasteiger partial charge in [0.2, 0.25) is 0 Å². The third-order valence-electron chi connectivity index (χ3n) is 6.08. The van der Waals surface area contributed by atoms with Crippen LogP contribution in [0, 0.1) is 5.82 Å². The van der Waals surface area contributed by atoms with Crippen LogP contribution in [0.3, 0.4) is 0 Å². The van der Waals surface area contributed by atoms with Gasteiger partial charge in [0, 0.05) is 42.5 Å². The van der Waals surface area contributed by atoms with Crippen LogP contribution in [0.15, 0.2) is 49.1 Å². The highest BCUT2D eigenvalue weighted by Crippen LogP contribution is 2.52. The second-order valence-corrected chi connectivity index (χ2v) is 7.90. The Kier molecular flexibility index (Phi) is 3.47. The van der Waals surface area contributed by atoms with Gasteiger partial charge in [-0.3, -0.25) is 14.6 Å². The maximum atomic E-state index is 13.5. The molecule has 0 spiro atoms. The molecule has 6 rings (SSSR count). The number of rotatable bonds is 3. The zero-order valence-corrected chi connectivity index (χ0v) is 16.0. The van der Waals surface area contributed by atoms with Crippen LogP contribution < -0.4 is 0 Å². The normalized spacial score (nSPS) is 19.7. The number of hydrogen-bond acceptors (Lipinski definition) is 4. The van der Waals surface area contributed by atoms with E-state index in [1.165, 1.54) is 25.1 Å². The lowest BCUT2D eigenvalue weighted by atomic mass is 10.1.